The van der Waals surface area contributed by atoms with Crippen molar-refractivity contribution in [1.29, 1.82) is 0 Å². The van der Waals surface area contributed by atoms with E-state index in [2.05, 4.69) is 0 Å². The number of hydrogen-bond acceptors (Lipinski definition) is 3. The molecule has 0 spiro atoms. The second-order valence-corrected chi connectivity index (χ2v) is 5.60. The monoisotopic (exact) mass is 302 g/mol. The minimum Gasteiger partial charge on any atom is -0.478 e. The van der Waals surface area contributed by atoms with Gasteiger partial charge in [-0.05, 0) is 49.6 Å². The molecule has 0 bridgehead atoms. The third kappa shape index (κ3) is 5.95. The number of aliphatic carboxylic acids is 1. The molecule has 0 saturated carbocycles. The number of benzene rings is 1. The zero-order valence-electron chi connectivity index (χ0n) is 13.4. The second kappa shape index (κ2) is 8.17. The summed E-state index contributed by atoms with van der Waals surface area (Å²) in [5, 5.41) is 8.69. The molecule has 1 N–H and O–H groups in total. The number of esters is 1. The highest BCUT2D eigenvalue weighted by atomic mass is 16.5. The summed E-state index contributed by atoms with van der Waals surface area (Å²) in [7, 11) is 0. The summed E-state index contributed by atoms with van der Waals surface area (Å²) in [5.74, 6) is -0.972. The van der Waals surface area contributed by atoms with Crippen molar-refractivity contribution in [3.05, 3.63) is 47.1 Å². The first kappa shape index (κ1) is 17.7. The number of hydrogen-bond donors (Lipinski definition) is 1. The highest BCUT2D eigenvalue weighted by Gasteiger charge is 2.12. The molecule has 0 radical (unpaired) electrons. The summed E-state index contributed by atoms with van der Waals surface area (Å²) in [5.41, 5.74) is 2.76. The summed E-state index contributed by atoms with van der Waals surface area (Å²) >= 11 is 0. The van der Waals surface area contributed by atoms with E-state index < -0.39 is 5.97 Å². The first-order chi connectivity index (χ1) is 10.3. The summed E-state index contributed by atoms with van der Waals surface area (Å²) in [4.78, 5) is 22.4. The van der Waals surface area contributed by atoms with Crippen LogP contribution in [0.5, 0.6) is 5.75 Å². The first-order valence-electron chi connectivity index (χ1n) is 7.18. The van der Waals surface area contributed by atoms with Crippen LogP contribution in [0.1, 0.15) is 38.8 Å². The molecule has 0 aliphatic carbocycles. The van der Waals surface area contributed by atoms with Crippen LogP contribution >= 0.6 is 0 Å². The summed E-state index contributed by atoms with van der Waals surface area (Å²) in [6.07, 6.45) is 5.26. The zero-order chi connectivity index (χ0) is 16.7. The van der Waals surface area contributed by atoms with Gasteiger partial charge in [-0.15, -0.1) is 0 Å². The standard InChI is InChI=1S/C18H22O4/c1-12(2)5-8-15-11-14(7-10-17(19)20)6-9-16(15)22-18(21)13(3)4/h5-7,9-11,13H,8H2,1-4H3,(H,19,20)/b10-7+. The maximum Gasteiger partial charge on any atom is 0.328 e. The maximum absolute atomic E-state index is 11.8. The van der Waals surface area contributed by atoms with Crippen molar-refractivity contribution in [2.24, 2.45) is 5.92 Å². The maximum atomic E-state index is 11.8. The van der Waals surface area contributed by atoms with Gasteiger partial charge in [0.25, 0.3) is 0 Å². The molecule has 0 aromatic heterocycles. The van der Waals surface area contributed by atoms with Crippen molar-refractivity contribution >= 4 is 18.0 Å². The van der Waals surface area contributed by atoms with Crippen LogP contribution in [-0.4, -0.2) is 17.0 Å². The second-order valence-electron chi connectivity index (χ2n) is 5.60. The van der Waals surface area contributed by atoms with E-state index in [0.717, 1.165) is 22.8 Å². The van der Waals surface area contributed by atoms with Gasteiger partial charge in [0.15, 0.2) is 0 Å². The van der Waals surface area contributed by atoms with Gasteiger partial charge in [0.2, 0.25) is 0 Å². The normalized spacial score (nSPS) is 10.8. The van der Waals surface area contributed by atoms with Gasteiger partial charge in [-0.2, -0.15) is 0 Å². The smallest absolute Gasteiger partial charge is 0.328 e. The topological polar surface area (TPSA) is 63.6 Å². The van der Waals surface area contributed by atoms with E-state index in [4.69, 9.17) is 9.84 Å². The Morgan fingerprint density at radius 1 is 1.27 bits per heavy atom. The van der Waals surface area contributed by atoms with Gasteiger partial charge in [0.1, 0.15) is 5.75 Å². The Labute approximate surface area is 131 Å². The molecular formula is C18H22O4. The van der Waals surface area contributed by atoms with Crippen molar-refractivity contribution in [3.63, 3.8) is 0 Å². The van der Waals surface area contributed by atoms with Gasteiger partial charge < -0.3 is 9.84 Å². The van der Waals surface area contributed by atoms with E-state index in [9.17, 15) is 9.59 Å². The SMILES string of the molecule is CC(C)=CCc1cc(/C=C/C(=O)O)ccc1OC(=O)C(C)C. The third-order valence-electron chi connectivity index (χ3n) is 2.92. The molecule has 4 heteroatoms. The molecular weight excluding hydrogens is 280 g/mol. The Morgan fingerprint density at radius 2 is 1.95 bits per heavy atom. The molecule has 0 aliphatic heterocycles. The largest absolute Gasteiger partial charge is 0.478 e. The molecule has 0 saturated heterocycles. The molecule has 0 heterocycles. The third-order valence-corrected chi connectivity index (χ3v) is 2.92. The minimum atomic E-state index is -0.999. The Bertz CT molecular complexity index is 606. The molecule has 22 heavy (non-hydrogen) atoms. The van der Waals surface area contributed by atoms with Gasteiger partial charge in [0.05, 0.1) is 5.92 Å². The fourth-order valence-electron chi connectivity index (χ4n) is 1.67. The van der Waals surface area contributed by atoms with Crippen LogP contribution in [0.2, 0.25) is 0 Å². The van der Waals surface area contributed by atoms with E-state index in [-0.39, 0.29) is 11.9 Å². The summed E-state index contributed by atoms with van der Waals surface area (Å²) < 4.78 is 5.41. The highest BCUT2D eigenvalue weighted by Crippen LogP contribution is 2.23. The van der Waals surface area contributed by atoms with Crippen LogP contribution in [0.4, 0.5) is 0 Å². The Balaban J connectivity index is 3.11. The predicted octanol–water partition coefficient (Wildman–Crippen LogP) is 3.85. The lowest BCUT2D eigenvalue weighted by Gasteiger charge is -2.11. The van der Waals surface area contributed by atoms with Gasteiger partial charge in [-0.3, -0.25) is 4.79 Å². The Morgan fingerprint density at radius 3 is 2.50 bits per heavy atom. The van der Waals surface area contributed by atoms with Crippen LogP contribution in [0.25, 0.3) is 6.08 Å². The van der Waals surface area contributed by atoms with Crippen molar-refractivity contribution in [3.8, 4) is 5.75 Å². The molecule has 4 nitrogen and oxygen atoms in total. The lowest BCUT2D eigenvalue weighted by Crippen LogP contribution is -2.15. The summed E-state index contributed by atoms with van der Waals surface area (Å²) in [6.45, 7) is 7.55. The molecule has 0 aliphatic rings. The van der Waals surface area contributed by atoms with E-state index in [1.165, 1.54) is 6.08 Å². The number of carboxylic acid groups (broad SMARTS) is 1. The molecule has 1 aromatic rings. The number of carboxylic acids is 1. The zero-order valence-corrected chi connectivity index (χ0v) is 13.4. The van der Waals surface area contributed by atoms with Crippen LogP contribution in [-0.2, 0) is 16.0 Å². The first-order valence-corrected chi connectivity index (χ1v) is 7.18. The molecule has 1 rings (SSSR count). The van der Waals surface area contributed by atoms with Gasteiger partial charge >= 0.3 is 11.9 Å². The lowest BCUT2D eigenvalue weighted by atomic mass is 10.0. The fourth-order valence-corrected chi connectivity index (χ4v) is 1.67. The van der Waals surface area contributed by atoms with Crippen LogP contribution < -0.4 is 4.74 Å². The molecule has 118 valence electrons. The van der Waals surface area contributed by atoms with Gasteiger partial charge in [-0.25, -0.2) is 4.79 Å². The van der Waals surface area contributed by atoms with E-state index >= 15 is 0 Å². The summed E-state index contributed by atoms with van der Waals surface area (Å²) in [6, 6.07) is 5.27. The predicted molar refractivity (Wildman–Crippen MR) is 86.7 cm³/mol. The van der Waals surface area contributed by atoms with Crippen LogP contribution in [0, 0.1) is 5.92 Å². The molecule has 0 atom stereocenters. The molecule has 0 amide bonds. The minimum absolute atomic E-state index is 0.206. The molecule has 0 unspecified atom stereocenters. The quantitative estimate of drug-likeness (QED) is 0.375. The number of rotatable bonds is 6. The Kier molecular flexibility index (Phi) is 6.57. The van der Waals surface area contributed by atoms with E-state index in [1.807, 2.05) is 26.0 Å². The number of carbonyl (C=O) groups excluding carboxylic acids is 1. The molecule has 1 aromatic carbocycles. The Hall–Kier alpha value is -2.36. The molecule has 0 fully saturated rings. The van der Waals surface area contributed by atoms with Crippen molar-refractivity contribution in [2.45, 2.75) is 34.1 Å². The lowest BCUT2D eigenvalue weighted by molar-refractivity contribution is -0.137. The van der Waals surface area contributed by atoms with Gasteiger partial charge in [-0.1, -0.05) is 31.6 Å². The van der Waals surface area contributed by atoms with E-state index in [0.29, 0.717) is 12.2 Å². The number of ether oxygens (including phenoxy) is 1. The fraction of sp³-hybridized carbons (Fsp3) is 0.333. The van der Waals surface area contributed by atoms with Crippen molar-refractivity contribution in [2.75, 3.05) is 0 Å². The van der Waals surface area contributed by atoms with E-state index in [1.54, 1.807) is 26.0 Å². The highest BCUT2D eigenvalue weighted by molar-refractivity contribution is 5.85. The van der Waals surface area contributed by atoms with Crippen LogP contribution in [0.15, 0.2) is 35.9 Å². The van der Waals surface area contributed by atoms with Gasteiger partial charge in [0, 0.05) is 6.08 Å². The average Bonchev–Trinajstić information content (AvgIpc) is 2.44. The number of carbonyl (C=O) groups is 2. The van der Waals surface area contributed by atoms with Crippen molar-refractivity contribution in [1.82, 2.24) is 0 Å². The van der Waals surface area contributed by atoms with Crippen molar-refractivity contribution < 1.29 is 19.4 Å². The number of allylic oxidation sites excluding steroid dienone is 2. The van der Waals surface area contributed by atoms with Crippen LogP contribution in [0.3, 0.4) is 0 Å². The average molecular weight is 302 g/mol.